The molecule has 2 N–H and O–H groups in total. The second-order valence-corrected chi connectivity index (χ2v) is 5.77. The Labute approximate surface area is 142 Å². The molecule has 0 saturated heterocycles. The molecule has 0 fully saturated rings. The van der Waals surface area contributed by atoms with Gasteiger partial charge < -0.3 is 10.6 Å². The Bertz CT molecular complexity index is 734. The number of amides is 2. The van der Waals surface area contributed by atoms with E-state index in [1.54, 1.807) is 24.3 Å². The highest BCUT2D eigenvalue weighted by molar-refractivity contribution is 9.10. The highest BCUT2D eigenvalue weighted by atomic mass is 79.9. The Kier molecular flexibility index (Phi) is 5.87. The van der Waals surface area contributed by atoms with Gasteiger partial charge in [0, 0.05) is 22.3 Å². The van der Waals surface area contributed by atoms with E-state index < -0.39 is 11.7 Å². The number of carbonyl (C=O) groups excluding carboxylic acids is 2. The molecule has 0 aliphatic rings. The molecule has 0 unspecified atom stereocenters. The van der Waals surface area contributed by atoms with Crippen LogP contribution in [0.4, 0.5) is 10.1 Å². The maximum absolute atomic E-state index is 13.3. The molecule has 2 aromatic carbocycles. The molecular formula is C17H16BrFN2O2. The zero-order chi connectivity index (χ0) is 16.8. The maximum Gasteiger partial charge on any atom is 0.256 e. The van der Waals surface area contributed by atoms with Crippen LogP contribution in [0, 0.1) is 5.82 Å². The highest BCUT2D eigenvalue weighted by Gasteiger charge is 2.12. The second-order valence-electron chi connectivity index (χ2n) is 4.91. The molecule has 4 nitrogen and oxygen atoms in total. The first-order valence-electron chi connectivity index (χ1n) is 7.16. The summed E-state index contributed by atoms with van der Waals surface area (Å²) in [5, 5.41) is 5.43. The maximum atomic E-state index is 13.3. The van der Waals surface area contributed by atoms with Gasteiger partial charge in [-0.2, -0.15) is 0 Å². The standard InChI is InChI=1S/C17H16BrFN2O2/c1-2-8-20-16(22)11-4-3-5-13(9-11)21-17(23)14-10-12(19)6-7-15(14)18/h3-7,9-10H,2,8H2,1H3,(H,20,22)(H,21,23). The minimum atomic E-state index is -0.494. The van der Waals surface area contributed by atoms with Crippen molar-refractivity contribution >= 4 is 33.4 Å². The molecular weight excluding hydrogens is 363 g/mol. The molecule has 0 aliphatic heterocycles. The number of rotatable bonds is 5. The fourth-order valence-corrected chi connectivity index (χ4v) is 2.38. The molecule has 0 aliphatic carbocycles. The van der Waals surface area contributed by atoms with E-state index in [1.807, 2.05) is 6.92 Å². The highest BCUT2D eigenvalue weighted by Crippen LogP contribution is 2.20. The number of hydrogen-bond acceptors (Lipinski definition) is 2. The van der Waals surface area contributed by atoms with Gasteiger partial charge in [0.25, 0.3) is 11.8 Å². The van der Waals surface area contributed by atoms with E-state index in [0.717, 1.165) is 12.5 Å². The number of benzene rings is 2. The summed E-state index contributed by atoms with van der Waals surface area (Å²) in [6, 6.07) is 10.5. The van der Waals surface area contributed by atoms with Crippen molar-refractivity contribution in [1.82, 2.24) is 5.32 Å². The summed E-state index contributed by atoms with van der Waals surface area (Å²) in [7, 11) is 0. The fourth-order valence-electron chi connectivity index (χ4n) is 1.95. The minimum absolute atomic E-state index is 0.186. The number of anilines is 1. The van der Waals surface area contributed by atoms with Crippen LogP contribution < -0.4 is 10.6 Å². The van der Waals surface area contributed by atoms with E-state index in [1.165, 1.54) is 12.1 Å². The topological polar surface area (TPSA) is 58.2 Å². The molecule has 23 heavy (non-hydrogen) atoms. The van der Waals surface area contributed by atoms with Crippen molar-refractivity contribution in [3.63, 3.8) is 0 Å². The molecule has 0 spiro atoms. The Morgan fingerprint density at radius 3 is 2.65 bits per heavy atom. The van der Waals surface area contributed by atoms with Gasteiger partial charge in [0.15, 0.2) is 0 Å². The van der Waals surface area contributed by atoms with Crippen molar-refractivity contribution in [2.24, 2.45) is 0 Å². The third-order valence-corrected chi connectivity index (χ3v) is 3.78. The molecule has 2 rings (SSSR count). The fraction of sp³-hybridized carbons (Fsp3) is 0.176. The molecule has 0 aromatic heterocycles. The molecule has 2 aromatic rings. The van der Waals surface area contributed by atoms with Gasteiger partial charge in [0.1, 0.15) is 5.82 Å². The van der Waals surface area contributed by atoms with Crippen LogP contribution in [0.1, 0.15) is 34.1 Å². The number of nitrogens with one attached hydrogen (secondary N) is 2. The summed E-state index contributed by atoms with van der Waals surface area (Å²) < 4.78 is 13.8. The van der Waals surface area contributed by atoms with E-state index in [0.29, 0.717) is 22.3 Å². The summed E-state index contributed by atoms with van der Waals surface area (Å²) in [6.07, 6.45) is 0.843. The third kappa shape index (κ3) is 4.63. The van der Waals surface area contributed by atoms with Crippen molar-refractivity contribution in [3.8, 4) is 0 Å². The predicted octanol–water partition coefficient (Wildman–Crippen LogP) is 3.98. The smallest absolute Gasteiger partial charge is 0.256 e. The van der Waals surface area contributed by atoms with Crippen molar-refractivity contribution in [1.29, 1.82) is 0 Å². The van der Waals surface area contributed by atoms with Crippen LogP contribution in [-0.2, 0) is 0 Å². The van der Waals surface area contributed by atoms with Crippen LogP contribution in [0.15, 0.2) is 46.9 Å². The van der Waals surface area contributed by atoms with E-state index in [9.17, 15) is 14.0 Å². The summed E-state index contributed by atoms with van der Waals surface area (Å²) in [5.41, 5.74) is 1.11. The van der Waals surface area contributed by atoms with Gasteiger partial charge in [-0.15, -0.1) is 0 Å². The van der Waals surface area contributed by atoms with E-state index in [-0.39, 0.29) is 11.5 Å². The van der Waals surface area contributed by atoms with Crippen molar-refractivity contribution in [3.05, 3.63) is 63.9 Å². The van der Waals surface area contributed by atoms with E-state index >= 15 is 0 Å². The van der Waals surface area contributed by atoms with Crippen molar-refractivity contribution in [2.75, 3.05) is 11.9 Å². The summed E-state index contributed by atoms with van der Waals surface area (Å²) in [6.45, 7) is 2.55. The average Bonchev–Trinajstić information content (AvgIpc) is 2.55. The number of halogens is 2. The zero-order valence-electron chi connectivity index (χ0n) is 12.5. The lowest BCUT2D eigenvalue weighted by molar-refractivity contribution is 0.0952. The lowest BCUT2D eigenvalue weighted by Gasteiger charge is -2.09. The number of carbonyl (C=O) groups is 2. The molecule has 6 heteroatoms. The predicted molar refractivity (Wildman–Crippen MR) is 91.1 cm³/mol. The van der Waals surface area contributed by atoms with Crippen LogP contribution in [-0.4, -0.2) is 18.4 Å². The van der Waals surface area contributed by atoms with Crippen LogP contribution in [0.3, 0.4) is 0 Å². The monoisotopic (exact) mass is 378 g/mol. The van der Waals surface area contributed by atoms with Crippen LogP contribution in [0.2, 0.25) is 0 Å². The Balaban J connectivity index is 2.15. The van der Waals surface area contributed by atoms with Crippen molar-refractivity contribution < 1.29 is 14.0 Å². The van der Waals surface area contributed by atoms with E-state index in [4.69, 9.17) is 0 Å². The first-order valence-corrected chi connectivity index (χ1v) is 7.95. The van der Waals surface area contributed by atoms with Gasteiger partial charge in [-0.3, -0.25) is 9.59 Å². The van der Waals surface area contributed by atoms with Gasteiger partial charge >= 0.3 is 0 Å². The molecule has 0 bridgehead atoms. The molecule has 0 heterocycles. The molecule has 120 valence electrons. The summed E-state index contributed by atoms with van der Waals surface area (Å²) >= 11 is 3.22. The summed E-state index contributed by atoms with van der Waals surface area (Å²) in [5.74, 6) is -1.15. The first-order chi connectivity index (χ1) is 11.0. The van der Waals surface area contributed by atoms with E-state index in [2.05, 4.69) is 26.6 Å². The quantitative estimate of drug-likeness (QED) is 0.826. The van der Waals surface area contributed by atoms with Crippen LogP contribution in [0.5, 0.6) is 0 Å². The average molecular weight is 379 g/mol. The normalized spacial score (nSPS) is 10.2. The Hall–Kier alpha value is -2.21. The van der Waals surface area contributed by atoms with Gasteiger partial charge in [0.05, 0.1) is 5.56 Å². The third-order valence-electron chi connectivity index (χ3n) is 3.09. The lowest BCUT2D eigenvalue weighted by Crippen LogP contribution is -2.24. The second kappa shape index (κ2) is 7.87. The van der Waals surface area contributed by atoms with Gasteiger partial charge in [-0.1, -0.05) is 13.0 Å². The molecule has 0 atom stereocenters. The summed E-state index contributed by atoms with van der Waals surface area (Å²) in [4.78, 5) is 24.2. The molecule has 2 amide bonds. The largest absolute Gasteiger partial charge is 0.352 e. The molecule has 0 radical (unpaired) electrons. The van der Waals surface area contributed by atoms with Crippen LogP contribution in [0.25, 0.3) is 0 Å². The van der Waals surface area contributed by atoms with Crippen LogP contribution >= 0.6 is 15.9 Å². The van der Waals surface area contributed by atoms with Gasteiger partial charge in [-0.05, 0) is 58.7 Å². The first kappa shape index (κ1) is 17.1. The minimum Gasteiger partial charge on any atom is -0.352 e. The Morgan fingerprint density at radius 2 is 1.91 bits per heavy atom. The SMILES string of the molecule is CCCNC(=O)c1cccc(NC(=O)c2cc(F)ccc2Br)c1. The molecule has 0 saturated carbocycles. The van der Waals surface area contributed by atoms with Gasteiger partial charge in [0.2, 0.25) is 0 Å². The van der Waals surface area contributed by atoms with Gasteiger partial charge in [-0.25, -0.2) is 4.39 Å². The number of hydrogen-bond donors (Lipinski definition) is 2. The Morgan fingerprint density at radius 1 is 1.13 bits per heavy atom. The lowest BCUT2D eigenvalue weighted by atomic mass is 10.1. The zero-order valence-corrected chi connectivity index (χ0v) is 14.1. The van der Waals surface area contributed by atoms with Crippen molar-refractivity contribution in [2.45, 2.75) is 13.3 Å².